The summed E-state index contributed by atoms with van der Waals surface area (Å²) in [6.07, 6.45) is 0. The molecule has 0 heterocycles. The first-order valence-electron chi connectivity index (χ1n) is 3.89. The molecule has 2 nitrogen and oxygen atoms in total. The monoisotopic (exact) mass is 263 g/mol. The fourth-order valence-electron chi connectivity index (χ4n) is 1.17. The zero-order valence-electron chi connectivity index (χ0n) is 7.49. The zero-order valence-corrected chi connectivity index (χ0v) is 9.83. The average molecular weight is 265 g/mol. The Kier molecular flexibility index (Phi) is 3.74. The van der Waals surface area contributed by atoms with Crippen molar-refractivity contribution in [2.75, 3.05) is 0 Å². The van der Waals surface area contributed by atoms with Crippen LogP contribution in [0.15, 0.2) is 10.5 Å². The molecule has 0 aromatic heterocycles. The molecule has 13 heavy (non-hydrogen) atoms. The fourth-order valence-corrected chi connectivity index (χ4v) is 1.97. The van der Waals surface area contributed by atoms with Gasteiger partial charge >= 0.3 is 0 Å². The molecular formula is C9H11BrClNO. The van der Waals surface area contributed by atoms with Crippen molar-refractivity contribution in [3.8, 4) is 0 Å². The van der Waals surface area contributed by atoms with Crippen molar-refractivity contribution in [1.82, 2.24) is 5.48 Å². The fraction of sp³-hybridized carbons (Fsp3) is 0.333. The van der Waals surface area contributed by atoms with Crippen LogP contribution in [0.3, 0.4) is 0 Å². The Balaban J connectivity index is 3.24. The van der Waals surface area contributed by atoms with E-state index in [-0.39, 0.29) is 0 Å². The summed E-state index contributed by atoms with van der Waals surface area (Å²) >= 11 is 9.44. The number of hydrogen-bond donors (Lipinski definition) is 2. The summed E-state index contributed by atoms with van der Waals surface area (Å²) in [6, 6.07) is 1.86. The quantitative estimate of drug-likeness (QED) is 0.804. The van der Waals surface area contributed by atoms with Crippen LogP contribution >= 0.6 is 27.5 Å². The SMILES string of the molecule is Cc1c(Cl)cc(CNO)c(C)c1Br. The van der Waals surface area contributed by atoms with Gasteiger partial charge in [0.1, 0.15) is 0 Å². The molecule has 0 aliphatic carbocycles. The van der Waals surface area contributed by atoms with E-state index in [0.717, 1.165) is 21.2 Å². The number of benzene rings is 1. The van der Waals surface area contributed by atoms with E-state index in [2.05, 4.69) is 21.4 Å². The van der Waals surface area contributed by atoms with Gasteiger partial charge in [-0.05, 0) is 36.6 Å². The summed E-state index contributed by atoms with van der Waals surface area (Å²) in [6.45, 7) is 4.35. The number of nitrogens with one attached hydrogen (secondary N) is 1. The van der Waals surface area contributed by atoms with Gasteiger partial charge in [-0.2, -0.15) is 0 Å². The molecule has 0 spiro atoms. The smallest absolute Gasteiger partial charge is 0.0461 e. The van der Waals surface area contributed by atoms with Gasteiger partial charge in [0, 0.05) is 16.0 Å². The molecule has 0 radical (unpaired) electrons. The molecule has 72 valence electrons. The Bertz CT molecular complexity index is 328. The molecular weight excluding hydrogens is 253 g/mol. The Morgan fingerprint density at radius 3 is 2.62 bits per heavy atom. The molecule has 0 saturated heterocycles. The third-order valence-electron chi connectivity index (χ3n) is 2.07. The van der Waals surface area contributed by atoms with Crippen molar-refractivity contribution in [2.45, 2.75) is 20.4 Å². The zero-order chi connectivity index (χ0) is 10.0. The second-order valence-corrected chi connectivity index (χ2v) is 4.12. The largest absolute Gasteiger partial charge is 0.316 e. The van der Waals surface area contributed by atoms with Gasteiger partial charge in [-0.25, -0.2) is 5.48 Å². The summed E-state index contributed by atoms with van der Waals surface area (Å²) in [5, 5.41) is 9.30. The molecule has 0 aliphatic heterocycles. The van der Waals surface area contributed by atoms with Gasteiger partial charge in [-0.15, -0.1) is 0 Å². The third-order valence-corrected chi connectivity index (χ3v) is 3.65. The maximum absolute atomic E-state index is 8.59. The summed E-state index contributed by atoms with van der Waals surface area (Å²) in [7, 11) is 0. The van der Waals surface area contributed by atoms with Crippen LogP contribution in [-0.4, -0.2) is 5.21 Å². The molecule has 2 N–H and O–H groups in total. The van der Waals surface area contributed by atoms with Crippen molar-refractivity contribution in [1.29, 1.82) is 0 Å². The lowest BCUT2D eigenvalue weighted by molar-refractivity contribution is 0.161. The van der Waals surface area contributed by atoms with E-state index >= 15 is 0 Å². The topological polar surface area (TPSA) is 32.3 Å². The average Bonchev–Trinajstić information content (AvgIpc) is 2.11. The minimum absolute atomic E-state index is 0.407. The molecule has 1 aromatic rings. The van der Waals surface area contributed by atoms with Crippen LogP contribution in [0, 0.1) is 13.8 Å². The van der Waals surface area contributed by atoms with Crippen molar-refractivity contribution in [3.63, 3.8) is 0 Å². The molecule has 0 fully saturated rings. The Hall–Kier alpha value is -0.0900. The number of halogens is 2. The van der Waals surface area contributed by atoms with Crippen molar-refractivity contribution in [3.05, 3.63) is 32.3 Å². The second kappa shape index (κ2) is 4.42. The highest BCUT2D eigenvalue weighted by Gasteiger charge is 2.08. The molecule has 0 unspecified atom stereocenters. The lowest BCUT2D eigenvalue weighted by Crippen LogP contribution is -2.08. The predicted octanol–water partition coefficient (Wildman–Crippen LogP) is 3.20. The Morgan fingerprint density at radius 2 is 2.08 bits per heavy atom. The van der Waals surface area contributed by atoms with E-state index in [0.29, 0.717) is 11.6 Å². The second-order valence-electron chi connectivity index (χ2n) is 2.92. The van der Waals surface area contributed by atoms with Crippen LogP contribution in [0.4, 0.5) is 0 Å². The van der Waals surface area contributed by atoms with Gasteiger partial charge < -0.3 is 5.21 Å². The Morgan fingerprint density at radius 1 is 1.46 bits per heavy atom. The third kappa shape index (κ3) is 2.23. The predicted molar refractivity (Wildman–Crippen MR) is 57.3 cm³/mol. The van der Waals surface area contributed by atoms with Crippen LogP contribution in [0.2, 0.25) is 5.02 Å². The summed E-state index contributed by atoms with van der Waals surface area (Å²) in [4.78, 5) is 0. The van der Waals surface area contributed by atoms with Gasteiger partial charge in [-0.1, -0.05) is 27.5 Å². The first-order valence-corrected chi connectivity index (χ1v) is 5.06. The standard InChI is InChI=1S/C9H11BrClNO/c1-5-7(4-12-13)3-8(11)6(2)9(5)10/h3,12-13H,4H2,1-2H3. The highest BCUT2D eigenvalue weighted by atomic mass is 79.9. The maximum Gasteiger partial charge on any atom is 0.0461 e. The summed E-state index contributed by atoms with van der Waals surface area (Å²) < 4.78 is 1.00. The highest BCUT2D eigenvalue weighted by molar-refractivity contribution is 9.10. The van der Waals surface area contributed by atoms with Crippen LogP contribution in [-0.2, 0) is 6.54 Å². The van der Waals surface area contributed by atoms with Crippen LogP contribution in [0.1, 0.15) is 16.7 Å². The molecule has 0 atom stereocenters. The van der Waals surface area contributed by atoms with Gasteiger partial charge in [0.05, 0.1) is 0 Å². The van der Waals surface area contributed by atoms with E-state index in [1.54, 1.807) is 0 Å². The van der Waals surface area contributed by atoms with Gasteiger partial charge in [0.25, 0.3) is 0 Å². The molecule has 0 bridgehead atoms. The molecule has 0 amide bonds. The van der Waals surface area contributed by atoms with Crippen LogP contribution in [0.25, 0.3) is 0 Å². The van der Waals surface area contributed by atoms with E-state index < -0.39 is 0 Å². The van der Waals surface area contributed by atoms with Gasteiger partial charge in [-0.3, -0.25) is 0 Å². The molecule has 0 aliphatic rings. The summed E-state index contributed by atoms with van der Waals surface area (Å²) in [5.74, 6) is 0. The normalized spacial score (nSPS) is 10.5. The lowest BCUT2D eigenvalue weighted by atomic mass is 10.1. The van der Waals surface area contributed by atoms with E-state index in [1.807, 2.05) is 19.9 Å². The van der Waals surface area contributed by atoms with Crippen LogP contribution in [0.5, 0.6) is 0 Å². The first-order chi connectivity index (χ1) is 6.07. The van der Waals surface area contributed by atoms with Gasteiger partial charge in [0.2, 0.25) is 0 Å². The molecule has 4 heteroatoms. The number of hydrogen-bond acceptors (Lipinski definition) is 2. The van der Waals surface area contributed by atoms with E-state index in [1.165, 1.54) is 0 Å². The first kappa shape index (κ1) is 11.0. The number of rotatable bonds is 2. The van der Waals surface area contributed by atoms with Crippen molar-refractivity contribution in [2.24, 2.45) is 0 Å². The number of hydroxylamine groups is 1. The molecule has 1 aromatic carbocycles. The minimum Gasteiger partial charge on any atom is -0.316 e. The lowest BCUT2D eigenvalue weighted by Gasteiger charge is -2.10. The highest BCUT2D eigenvalue weighted by Crippen LogP contribution is 2.30. The van der Waals surface area contributed by atoms with Crippen molar-refractivity contribution < 1.29 is 5.21 Å². The van der Waals surface area contributed by atoms with Crippen molar-refractivity contribution >= 4 is 27.5 Å². The summed E-state index contributed by atoms with van der Waals surface area (Å²) in [5.41, 5.74) is 5.24. The maximum atomic E-state index is 8.59. The molecule has 1 rings (SSSR count). The van der Waals surface area contributed by atoms with Crippen LogP contribution < -0.4 is 5.48 Å². The molecule has 0 saturated carbocycles. The van der Waals surface area contributed by atoms with E-state index in [4.69, 9.17) is 16.8 Å². The Labute approximate surface area is 91.0 Å². The van der Waals surface area contributed by atoms with Gasteiger partial charge in [0.15, 0.2) is 0 Å². The minimum atomic E-state index is 0.407. The van der Waals surface area contributed by atoms with E-state index in [9.17, 15) is 0 Å².